The van der Waals surface area contributed by atoms with Crippen molar-refractivity contribution < 1.29 is 14.7 Å². The van der Waals surface area contributed by atoms with Crippen LogP contribution in [0.25, 0.3) is 0 Å². The van der Waals surface area contributed by atoms with Crippen LogP contribution in [0.2, 0.25) is 0 Å². The van der Waals surface area contributed by atoms with Crippen LogP contribution in [0.15, 0.2) is 59.0 Å². The molecule has 0 atom stereocenters. The van der Waals surface area contributed by atoms with Crippen molar-refractivity contribution in [1.29, 1.82) is 0 Å². The number of rotatable bonds is 4. The van der Waals surface area contributed by atoms with E-state index in [1.54, 1.807) is 4.90 Å². The first-order valence-corrected chi connectivity index (χ1v) is 7.95. The first kappa shape index (κ1) is 14.5. The van der Waals surface area contributed by atoms with Gasteiger partial charge in [-0.2, -0.15) is 0 Å². The predicted molar refractivity (Wildman–Crippen MR) is 86.4 cm³/mol. The lowest BCUT2D eigenvalue weighted by Gasteiger charge is -2.22. The number of thiophene rings is 1. The van der Waals surface area contributed by atoms with Gasteiger partial charge in [0.1, 0.15) is 5.00 Å². The number of hydrogen-bond donors (Lipinski definition) is 1. The number of carboxylic acids is 1. The second kappa shape index (κ2) is 6.15. The number of amides is 1. The summed E-state index contributed by atoms with van der Waals surface area (Å²) in [7, 11) is 0. The first-order chi connectivity index (χ1) is 10.7. The Labute approximate surface area is 132 Å². The Bertz CT molecular complexity index is 720. The minimum atomic E-state index is -0.986. The summed E-state index contributed by atoms with van der Waals surface area (Å²) in [6.45, 7) is 0. The van der Waals surface area contributed by atoms with Gasteiger partial charge in [0.15, 0.2) is 0 Å². The number of nitrogens with zero attached hydrogens (tertiary/aromatic N) is 1. The van der Waals surface area contributed by atoms with Gasteiger partial charge in [0.05, 0.1) is 5.69 Å². The van der Waals surface area contributed by atoms with Crippen molar-refractivity contribution in [3.05, 3.63) is 59.0 Å². The molecule has 0 aliphatic heterocycles. The predicted octanol–water partition coefficient (Wildman–Crippen LogP) is 3.98. The van der Waals surface area contributed by atoms with Crippen molar-refractivity contribution in [2.75, 3.05) is 4.90 Å². The summed E-state index contributed by atoms with van der Waals surface area (Å²) in [4.78, 5) is 25.9. The fraction of sp³-hybridized carbons (Fsp3) is 0.176. The first-order valence-electron chi connectivity index (χ1n) is 7.07. The zero-order chi connectivity index (χ0) is 15.5. The van der Waals surface area contributed by atoms with E-state index in [0.717, 1.165) is 17.1 Å². The Balaban J connectivity index is 2.06. The Hall–Kier alpha value is -2.40. The molecule has 1 aromatic heterocycles. The van der Waals surface area contributed by atoms with Gasteiger partial charge in [-0.25, -0.2) is 4.79 Å². The molecule has 0 radical (unpaired) electrons. The van der Waals surface area contributed by atoms with Crippen molar-refractivity contribution in [3.63, 3.8) is 0 Å². The molecule has 1 amide bonds. The maximum absolute atomic E-state index is 13.0. The molecule has 2 aromatic rings. The third-order valence-electron chi connectivity index (χ3n) is 3.68. The van der Waals surface area contributed by atoms with E-state index in [4.69, 9.17) is 0 Å². The zero-order valence-electron chi connectivity index (χ0n) is 11.9. The second-order valence-corrected chi connectivity index (χ2v) is 5.97. The standard InChI is InChI=1S/C17H15NO3S/c19-16(13-8-4-9-14(13)17(20)21)18(15-10-5-11-22-15)12-6-2-1-3-7-12/h1-3,5-7,10-11H,4,8-9H2,(H,20,21). The summed E-state index contributed by atoms with van der Waals surface area (Å²) in [6, 6.07) is 13.1. The van der Waals surface area contributed by atoms with Crippen molar-refractivity contribution in [3.8, 4) is 0 Å². The summed E-state index contributed by atoms with van der Waals surface area (Å²) in [5.41, 5.74) is 1.42. The molecule has 0 spiro atoms. The number of para-hydroxylation sites is 1. The molecule has 5 heteroatoms. The summed E-state index contributed by atoms with van der Waals surface area (Å²) in [5.74, 6) is -1.22. The highest BCUT2D eigenvalue weighted by molar-refractivity contribution is 7.14. The van der Waals surface area contributed by atoms with Crippen molar-refractivity contribution in [1.82, 2.24) is 0 Å². The molecule has 1 aliphatic rings. The van der Waals surface area contributed by atoms with E-state index in [1.165, 1.54) is 11.3 Å². The molecule has 1 aliphatic carbocycles. The smallest absolute Gasteiger partial charge is 0.332 e. The molecule has 22 heavy (non-hydrogen) atoms. The van der Waals surface area contributed by atoms with Gasteiger partial charge < -0.3 is 5.11 Å². The highest BCUT2D eigenvalue weighted by atomic mass is 32.1. The van der Waals surface area contributed by atoms with Gasteiger partial charge in [-0.05, 0) is 48.9 Å². The summed E-state index contributed by atoms with van der Waals surface area (Å²) in [6.07, 6.45) is 1.70. The SMILES string of the molecule is O=C(O)C1=C(C(=O)N(c2ccccc2)c2cccs2)CCC1. The van der Waals surface area contributed by atoms with Crippen molar-refractivity contribution >= 4 is 33.9 Å². The Morgan fingerprint density at radius 3 is 2.36 bits per heavy atom. The quantitative estimate of drug-likeness (QED) is 0.929. The molecule has 4 nitrogen and oxygen atoms in total. The topological polar surface area (TPSA) is 57.6 Å². The number of benzene rings is 1. The van der Waals surface area contributed by atoms with Gasteiger partial charge in [-0.1, -0.05) is 18.2 Å². The highest BCUT2D eigenvalue weighted by Crippen LogP contribution is 2.35. The molecule has 1 heterocycles. The lowest BCUT2D eigenvalue weighted by atomic mass is 10.1. The van der Waals surface area contributed by atoms with Crippen LogP contribution in [0.1, 0.15) is 19.3 Å². The molecular formula is C17H15NO3S. The maximum Gasteiger partial charge on any atom is 0.332 e. The number of carboxylic acid groups (broad SMARTS) is 1. The van der Waals surface area contributed by atoms with Gasteiger partial charge in [0.2, 0.25) is 0 Å². The van der Waals surface area contributed by atoms with Crippen LogP contribution < -0.4 is 4.90 Å². The molecule has 3 rings (SSSR count). The van der Waals surface area contributed by atoms with E-state index in [1.807, 2.05) is 47.8 Å². The minimum absolute atomic E-state index is 0.233. The van der Waals surface area contributed by atoms with Crippen LogP contribution in [0, 0.1) is 0 Å². The fourth-order valence-electron chi connectivity index (χ4n) is 2.67. The molecule has 0 bridgehead atoms. The maximum atomic E-state index is 13.0. The number of anilines is 2. The van der Waals surface area contributed by atoms with E-state index < -0.39 is 5.97 Å². The third-order valence-corrected chi connectivity index (χ3v) is 4.53. The van der Waals surface area contributed by atoms with E-state index in [9.17, 15) is 14.7 Å². The number of aliphatic carboxylic acids is 1. The van der Waals surface area contributed by atoms with E-state index in [2.05, 4.69) is 0 Å². The lowest BCUT2D eigenvalue weighted by molar-refractivity contribution is -0.133. The van der Waals surface area contributed by atoms with E-state index in [-0.39, 0.29) is 11.5 Å². The Morgan fingerprint density at radius 1 is 1.00 bits per heavy atom. The highest BCUT2D eigenvalue weighted by Gasteiger charge is 2.30. The van der Waals surface area contributed by atoms with E-state index in [0.29, 0.717) is 18.4 Å². The second-order valence-electron chi connectivity index (χ2n) is 5.04. The van der Waals surface area contributed by atoms with Gasteiger partial charge in [0.25, 0.3) is 5.91 Å². The Morgan fingerprint density at radius 2 is 1.73 bits per heavy atom. The average molecular weight is 313 g/mol. The minimum Gasteiger partial charge on any atom is -0.478 e. The molecule has 0 saturated heterocycles. The van der Waals surface area contributed by atoms with Crippen LogP contribution in [-0.2, 0) is 9.59 Å². The molecule has 0 fully saturated rings. The van der Waals surface area contributed by atoms with Gasteiger partial charge in [-0.3, -0.25) is 9.69 Å². The van der Waals surface area contributed by atoms with E-state index >= 15 is 0 Å². The monoisotopic (exact) mass is 313 g/mol. The summed E-state index contributed by atoms with van der Waals surface area (Å²) in [5, 5.41) is 12.0. The largest absolute Gasteiger partial charge is 0.478 e. The van der Waals surface area contributed by atoms with Crippen LogP contribution in [-0.4, -0.2) is 17.0 Å². The van der Waals surface area contributed by atoms with Gasteiger partial charge in [-0.15, -0.1) is 11.3 Å². The van der Waals surface area contributed by atoms with Crippen LogP contribution in [0.4, 0.5) is 10.7 Å². The third kappa shape index (κ3) is 2.67. The molecule has 1 N–H and O–H groups in total. The van der Waals surface area contributed by atoms with Gasteiger partial charge in [0, 0.05) is 11.1 Å². The van der Waals surface area contributed by atoms with Crippen LogP contribution >= 0.6 is 11.3 Å². The molecular weight excluding hydrogens is 298 g/mol. The molecule has 1 aromatic carbocycles. The molecule has 0 saturated carbocycles. The van der Waals surface area contributed by atoms with Crippen LogP contribution in [0.5, 0.6) is 0 Å². The fourth-order valence-corrected chi connectivity index (χ4v) is 3.42. The van der Waals surface area contributed by atoms with Crippen molar-refractivity contribution in [2.45, 2.75) is 19.3 Å². The number of carbonyl (C=O) groups excluding carboxylic acids is 1. The number of hydrogen-bond acceptors (Lipinski definition) is 3. The normalized spacial score (nSPS) is 14.2. The summed E-state index contributed by atoms with van der Waals surface area (Å²) < 4.78 is 0. The molecule has 112 valence electrons. The average Bonchev–Trinajstić information content (AvgIpc) is 3.20. The Kier molecular flexibility index (Phi) is 4.06. The van der Waals surface area contributed by atoms with Crippen LogP contribution in [0.3, 0.4) is 0 Å². The van der Waals surface area contributed by atoms with Crippen molar-refractivity contribution in [2.24, 2.45) is 0 Å². The number of carbonyl (C=O) groups is 2. The summed E-state index contributed by atoms with van der Waals surface area (Å²) >= 11 is 1.46. The van der Waals surface area contributed by atoms with Gasteiger partial charge >= 0.3 is 5.97 Å². The lowest BCUT2D eigenvalue weighted by Crippen LogP contribution is -2.27. The molecule has 0 unspecified atom stereocenters. The zero-order valence-corrected chi connectivity index (χ0v) is 12.7.